The van der Waals surface area contributed by atoms with Crippen LogP contribution in [0.3, 0.4) is 0 Å². The van der Waals surface area contributed by atoms with Gasteiger partial charge in [-0.2, -0.15) is 0 Å². The average Bonchev–Trinajstić information content (AvgIpc) is 3.23. The summed E-state index contributed by atoms with van der Waals surface area (Å²) in [6.07, 6.45) is 4.27. The fourth-order valence-corrected chi connectivity index (χ4v) is 4.79. The number of aromatic amines is 1. The number of piperidine rings is 1. The Labute approximate surface area is 192 Å². The van der Waals surface area contributed by atoms with E-state index in [9.17, 15) is 9.59 Å². The lowest BCUT2D eigenvalue weighted by atomic mass is 9.96. The molecule has 5 rings (SSSR count). The molecular formula is C26H29N5O2. The number of carbonyl (C=O) groups excluding carboxylic acids is 1. The number of hydrogen-bond acceptors (Lipinski definition) is 4. The maximum Gasteiger partial charge on any atom is 0.293 e. The van der Waals surface area contributed by atoms with E-state index in [1.54, 1.807) is 11.6 Å². The zero-order valence-corrected chi connectivity index (χ0v) is 19.1. The number of rotatable bonds is 5. The predicted molar refractivity (Wildman–Crippen MR) is 132 cm³/mol. The Balaban J connectivity index is 1.18. The molecule has 1 amide bonds. The molecule has 0 unspecified atom stereocenters. The van der Waals surface area contributed by atoms with Crippen LogP contribution in [-0.4, -0.2) is 40.1 Å². The fourth-order valence-electron chi connectivity index (χ4n) is 4.79. The fraction of sp³-hybridized carbons (Fsp3) is 0.346. The van der Waals surface area contributed by atoms with Gasteiger partial charge in [0.25, 0.3) is 5.56 Å². The van der Waals surface area contributed by atoms with Crippen molar-refractivity contribution in [1.29, 1.82) is 0 Å². The molecule has 0 aliphatic carbocycles. The molecule has 3 heterocycles. The molecule has 1 aliphatic heterocycles. The van der Waals surface area contributed by atoms with Crippen molar-refractivity contribution >= 4 is 33.7 Å². The molecule has 1 fully saturated rings. The Morgan fingerprint density at radius 2 is 1.97 bits per heavy atom. The summed E-state index contributed by atoms with van der Waals surface area (Å²) in [5.74, 6) is 0.547. The monoisotopic (exact) mass is 443 g/mol. The zero-order valence-electron chi connectivity index (χ0n) is 19.1. The summed E-state index contributed by atoms with van der Waals surface area (Å²) in [7, 11) is 1.78. The maximum atomic E-state index is 12.8. The molecule has 2 N–H and O–H groups in total. The summed E-state index contributed by atoms with van der Waals surface area (Å²) in [5.41, 5.74) is 5.12. The molecule has 7 heteroatoms. The largest absolute Gasteiger partial charge is 0.361 e. The molecule has 0 spiro atoms. The highest BCUT2D eigenvalue weighted by atomic mass is 16.2. The molecule has 0 saturated carbocycles. The summed E-state index contributed by atoms with van der Waals surface area (Å²) < 4.78 is 1.66. The molecule has 4 aromatic rings. The number of amides is 1. The minimum absolute atomic E-state index is 0.0317. The lowest BCUT2D eigenvalue weighted by Gasteiger charge is -2.32. The number of nitrogens with one attached hydrogen (secondary N) is 2. The van der Waals surface area contributed by atoms with Crippen molar-refractivity contribution in [2.24, 2.45) is 13.0 Å². The van der Waals surface area contributed by atoms with Crippen molar-refractivity contribution in [2.75, 3.05) is 24.5 Å². The summed E-state index contributed by atoms with van der Waals surface area (Å²) in [4.78, 5) is 35.6. The Morgan fingerprint density at radius 3 is 2.79 bits per heavy atom. The van der Waals surface area contributed by atoms with Crippen LogP contribution in [0.15, 0.2) is 53.5 Å². The lowest BCUT2D eigenvalue weighted by molar-refractivity contribution is -0.125. The van der Waals surface area contributed by atoms with E-state index in [1.165, 1.54) is 16.5 Å². The first-order valence-corrected chi connectivity index (χ1v) is 11.6. The second-order valence-corrected chi connectivity index (χ2v) is 8.95. The van der Waals surface area contributed by atoms with Crippen molar-refractivity contribution in [3.8, 4) is 0 Å². The van der Waals surface area contributed by atoms with Gasteiger partial charge < -0.3 is 19.8 Å². The van der Waals surface area contributed by atoms with Gasteiger partial charge in [-0.3, -0.25) is 9.59 Å². The zero-order chi connectivity index (χ0) is 22.9. The number of carbonyl (C=O) groups is 1. The van der Waals surface area contributed by atoms with Crippen LogP contribution in [0.5, 0.6) is 0 Å². The number of H-pyrrole nitrogens is 1. The van der Waals surface area contributed by atoms with Gasteiger partial charge in [0.1, 0.15) is 0 Å². The molecule has 1 aliphatic rings. The van der Waals surface area contributed by atoms with Crippen LogP contribution in [0, 0.1) is 12.8 Å². The van der Waals surface area contributed by atoms with Crippen LogP contribution in [0.1, 0.15) is 24.0 Å². The summed E-state index contributed by atoms with van der Waals surface area (Å²) in [6.45, 7) is 4.01. The number of hydrogen-bond donors (Lipinski definition) is 2. The van der Waals surface area contributed by atoms with Gasteiger partial charge in [-0.25, -0.2) is 4.98 Å². The highest BCUT2D eigenvalue weighted by Gasteiger charge is 2.27. The number of fused-ring (bicyclic) bond motifs is 2. The van der Waals surface area contributed by atoms with Crippen molar-refractivity contribution < 1.29 is 4.79 Å². The van der Waals surface area contributed by atoms with E-state index < -0.39 is 0 Å². The van der Waals surface area contributed by atoms with E-state index in [-0.39, 0.29) is 17.4 Å². The van der Waals surface area contributed by atoms with E-state index in [2.05, 4.69) is 40.4 Å². The highest BCUT2D eigenvalue weighted by Crippen LogP contribution is 2.22. The summed E-state index contributed by atoms with van der Waals surface area (Å²) in [5, 5.41) is 4.34. The number of nitrogens with zero attached hydrogens (tertiary/aromatic N) is 3. The maximum absolute atomic E-state index is 12.8. The van der Waals surface area contributed by atoms with Crippen molar-refractivity contribution in [1.82, 2.24) is 19.9 Å². The number of aromatic nitrogens is 3. The Hall–Kier alpha value is -3.61. The molecule has 0 bridgehead atoms. The standard InChI is InChI=1S/C26H29N5O2/c1-17-7-8-21-20(15-17)19(16-28-21)9-12-27-25(32)18-10-13-31(14-11-18)24-26(33)30(2)23-6-4-3-5-22(23)29-24/h3-8,15-16,18,28H,9-14H2,1-2H3,(H,27,32). The van der Waals surface area contributed by atoms with Crippen molar-refractivity contribution in [2.45, 2.75) is 26.2 Å². The average molecular weight is 444 g/mol. The molecule has 1 saturated heterocycles. The number of benzene rings is 2. The third-order valence-corrected chi connectivity index (χ3v) is 6.75. The van der Waals surface area contributed by atoms with Gasteiger partial charge in [0.15, 0.2) is 5.82 Å². The number of aryl methyl sites for hydroxylation is 2. The van der Waals surface area contributed by atoms with Crippen molar-refractivity contribution in [3.05, 3.63) is 70.1 Å². The molecule has 33 heavy (non-hydrogen) atoms. The van der Waals surface area contributed by atoms with Crippen LogP contribution < -0.4 is 15.8 Å². The normalized spacial score (nSPS) is 14.8. The first kappa shape index (κ1) is 21.2. The highest BCUT2D eigenvalue weighted by molar-refractivity contribution is 5.84. The first-order valence-electron chi connectivity index (χ1n) is 11.6. The molecule has 7 nitrogen and oxygen atoms in total. The second-order valence-electron chi connectivity index (χ2n) is 8.95. The molecule has 2 aromatic heterocycles. The summed E-state index contributed by atoms with van der Waals surface area (Å²) >= 11 is 0. The van der Waals surface area contributed by atoms with E-state index in [0.29, 0.717) is 25.5 Å². The molecule has 170 valence electrons. The van der Waals surface area contributed by atoms with Gasteiger partial charge in [-0.1, -0.05) is 23.8 Å². The predicted octanol–water partition coefficient (Wildman–Crippen LogP) is 3.30. The second kappa shape index (κ2) is 8.73. The third kappa shape index (κ3) is 4.11. The van der Waals surface area contributed by atoms with Crippen molar-refractivity contribution in [3.63, 3.8) is 0 Å². The van der Waals surface area contributed by atoms with Gasteiger partial charge >= 0.3 is 0 Å². The van der Waals surface area contributed by atoms with Gasteiger partial charge in [0, 0.05) is 49.7 Å². The van der Waals surface area contributed by atoms with Gasteiger partial charge in [-0.15, -0.1) is 0 Å². The Bertz CT molecular complexity index is 1380. The van der Waals surface area contributed by atoms with E-state index in [1.807, 2.05) is 35.4 Å². The molecular weight excluding hydrogens is 414 g/mol. The topological polar surface area (TPSA) is 83.0 Å². The van der Waals surface area contributed by atoms with Gasteiger partial charge in [-0.05, 0) is 56.0 Å². The Morgan fingerprint density at radius 1 is 1.18 bits per heavy atom. The first-order chi connectivity index (χ1) is 16.0. The SMILES string of the molecule is Cc1ccc2[nH]cc(CCNC(=O)C3CCN(c4nc5ccccc5n(C)c4=O)CC3)c2c1. The quantitative estimate of drug-likeness (QED) is 0.496. The van der Waals surface area contributed by atoms with Crippen LogP contribution >= 0.6 is 0 Å². The Kier molecular flexibility index (Phi) is 5.62. The smallest absolute Gasteiger partial charge is 0.293 e. The van der Waals surface area contributed by atoms with E-state index >= 15 is 0 Å². The van der Waals surface area contributed by atoms with Gasteiger partial charge in [0.2, 0.25) is 5.91 Å². The van der Waals surface area contributed by atoms with Crippen LogP contribution in [0.2, 0.25) is 0 Å². The van der Waals surface area contributed by atoms with Crippen LogP contribution in [-0.2, 0) is 18.3 Å². The van der Waals surface area contributed by atoms with Crippen LogP contribution in [0.4, 0.5) is 5.82 Å². The number of anilines is 1. The molecule has 2 aromatic carbocycles. The minimum atomic E-state index is -0.0921. The lowest BCUT2D eigenvalue weighted by Crippen LogP contribution is -2.43. The van der Waals surface area contributed by atoms with E-state index in [0.717, 1.165) is 35.8 Å². The molecule has 0 radical (unpaired) electrons. The minimum Gasteiger partial charge on any atom is -0.361 e. The summed E-state index contributed by atoms with van der Waals surface area (Å²) in [6, 6.07) is 14.0. The third-order valence-electron chi connectivity index (χ3n) is 6.75. The van der Waals surface area contributed by atoms with E-state index in [4.69, 9.17) is 0 Å². The van der Waals surface area contributed by atoms with Crippen LogP contribution in [0.25, 0.3) is 21.9 Å². The molecule has 0 atom stereocenters. The number of para-hydroxylation sites is 2. The van der Waals surface area contributed by atoms with Gasteiger partial charge in [0.05, 0.1) is 11.0 Å².